The van der Waals surface area contributed by atoms with E-state index in [0.717, 1.165) is 25.2 Å². The number of rotatable bonds is 6. The van der Waals surface area contributed by atoms with Gasteiger partial charge in [-0.05, 0) is 48.5 Å². The molecule has 1 saturated heterocycles. The molecular weight excluding hydrogens is 463 g/mol. The van der Waals surface area contributed by atoms with Crippen LogP contribution in [0.1, 0.15) is 18.4 Å². The summed E-state index contributed by atoms with van der Waals surface area (Å²) in [6.45, 7) is 6.23. The zero-order chi connectivity index (χ0) is 25.0. The molecule has 0 N–H and O–H groups in total. The maximum Gasteiger partial charge on any atom is 0.470 e. The molecule has 186 valence electrons. The predicted molar refractivity (Wildman–Crippen MR) is 123 cm³/mol. The fourth-order valence-corrected chi connectivity index (χ4v) is 3.85. The van der Waals surface area contributed by atoms with Gasteiger partial charge in [-0.2, -0.15) is 13.2 Å². The number of benzene rings is 2. The van der Waals surface area contributed by atoms with E-state index in [1.165, 1.54) is 0 Å². The quantitative estimate of drug-likeness (QED) is 0.507. The number of likely N-dealkylation sites (N-methyl/N-ethyl adjacent to an activating group) is 1. The zero-order valence-corrected chi connectivity index (χ0v) is 19.5. The highest BCUT2D eigenvalue weighted by Gasteiger charge is 2.38. The van der Waals surface area contributed by atoms with E-state index in [4.69, 9.17) is 9.15 Å². The first-order valence-corrected chi connectivity index (χ1v) is 11.2. The van der Waals surface area contributed by atoms with E-state index in [-0.39, 0.29) is 18.5 Å². The number of piperazine rings is 1. The number of alkyl halides is 3. The van der Waals surface area contributed by atoms with Crippen molar-refractivity contribution in [2.75, 3.05) is 44.7 Å². The summed E-state index contributed by atoms with van der Waals surface area (Å²) < 4.78 is 48.3. The Bertz CT molecular complexity index is 1120. The summed E-state index contributed by atoms with van der Waals surface area (Å²) in [5.41, 5.74) is 1.86. The highest BCUT2D eigenvalue weighted by molar-refractivity contribution is 5.92. The Morgan fingerprint density at radius 2 is 1.69 bits per heavy atom. The number of urea groups is 1. The Hall–Kier alpha value is -3.60. The number of hydrogen-bond donors (Lipinski definition) is 0. The number of carbonyl (C=O) groups is 1. The van der Waals surface area contributed by atoms with Crippen LogP contribution < -0.4 is 9.64 Å². The average molecular weight is 489 g/mol. The minimum atomic E-state index is -4.70. The number of halogens is 3. The van der Waals surface area contributed by atoms with E-state index in [9.17, 15) is 18.0 Å². The Morgan fingerprint density at radius 3 is 2.23 bits per heavy atom. The molecule has 0 atom stereocenters. The summed E-state index contributed by atoms with van der Waals surface area (Å²) in [4.78, 5) is 19.3. The summed E-state index contributed by atoms with van der Waals surface area (Å²) in [6.07, 6.45) is -4.70. The van der Waals surface area contributed by atoms with E-state index >= 15 is 0 Å². The SMILES string of the molecule is CCN1CCN(C(=O)N(Cc2ccc(-c3nnc(C(F)(F)F)o3)cc2)c2ccc(OC)cc2)CC1. The molecule has 0 saturated carbocycles. The second-order valence-electron chi connectivity index (χ2n) is 8.10. The summed E-state index contributed by atoms with van der Waals surface area (Å²) in [7, 11) is 1.58. The molecule has 4 rings (SSSR count). The van der Waals surface area contributed by atoms with E-state index in [2.05, 4.69) is 22.0 Å². The highest BCUT2D eigenvalue weighted by Crippen LogP contribution is 2.30. The molecule has 0 radical (unpaired) electrons. The summed E-state index contributed by atoms with van der Waals surface area (Å²) in [5.74, 6) is -0.934. The Balaban J connectivity index is 1.54. The Kier molecular flexibility index (Phi) is 7.25. The third kappa shape index (κ3) is 5.73. The summed E-state index contributed by atoms with van der Waals surface area (Å²) in [5, 5.41) is 6.55. The molecule has 0 unspecified atom stereocenters. The number of carbonyl (C=O) groups excluding carboxylic acids is 1. The van der Waals surface area contributed by atoms with Crippen molar-refractivity contribution in [3.05, 3.63) is 60.0 Å². The van der Waals surface area contributed by atoms with Crippen LogP contribution in [0.4, 0.5) is 23.7 Å². The normalized spacial score (nSPS) is 14.7. The minimum absolute atomic E-state index is 0.110. The molecule has 2 amide bonds. The zero-order valence-electron chi connectivity index (χ0n) is 19.5. The molecular formula is C24H26F3N5O3. The Labute approximate surface area is 200 Å². The molecule has 0 bridgehead atoms. The minimum Gasteiger partial charge on any atom is -0.497 e. The fraction of sp³-hybridized carbons (Fsp3) is 0.375. The van der Waals surface area contributed by atoms with Crippen molar-refractivity contribution in [2.24, 2.45) is 0 Å². The number of hydrogen-bond acceptors (Lipinski definition) is 6. The maximum atomic E-state index is 13.5. The van der Waals surface area contributed by atoms with Gasteiger partial charge >= 0.3 is 18.1 Å². The molecule has 3 aromatic rings. The monoisotopic (exact) mass is 489 g/mol. The van der Waals surface area contributed by atoms with Crippen LogP contribution in [0.5, 0.6) is 5.75 Å². The number of anilines is 1. The van der Waals surface area contributed by atoms with Crippen molar-refractivity contribution in [3.63, 3.8) is 0 Å². The molecule has 2 aromatic carbocycles. The molecule has 35 heavy (non-hydrogen) atoms. The highest BCUT2D eigenvalue weighted by atomic mass is 19.4. The first kappa shape index (κ1) is 24.5. The molecule has 1 aliphatic rings. The second-order valence-corrected chi connectivity index (χ2v) is 8.10. The van der Waals surface area contributed by atoms with Crippen LogP contribution in [0.15, 0.2) is 52.9 Å². The van der Waals surface area contributed by atoms with Crippen LogP contribution in [0.3, 0.4) is 0 Å². The van der Waals surface area contributed by atoms with Gasteiger partial charge in [-0.25, -0.2) is 4.79 Å². The topological polar surface area (TPSA) is 74.9 Å². The van der Waals surface area contributed by atoms with Gasteiger partial charge in [0.25, 0.3) is 0 Å². The molecule has 1 aliphatic heterocycles. The maximum absolute atomic E-state index is 13.5. The van der Waals surface area contributed by atoms with Gasteiger partial charge in [0, 0.05) is 37.4 Å². The summed E-state index contributed by atoms with van der Waals surface area (Å²) >= 11 is 0. The predicted octanol–water partition coefficient (Wildman–Crippen LogP) is 4.53. The number of nitrogens with zero attached hydrogens (tertiary/aromatic N) is 5. The van der Waals surface area contributed by atoms with Crippen molar-refractivity contribution in [3.8, 4) is 17.2 Å². The summed E-state index contributed by atoms with van der Waals surface area (Å²) in [6, 6.07) is 13.8. The van der Waals surface area contributed by atoms with Gasteiger partial charge in [-0.3, -0.25) is 4.90 Å². The van der Waals surface area contributed by atoms with Crippen LogP contribution in [0.2, 0.25) is 0 Å². The van der Waals surface area contributed by atoms with Crippen molar-refractivity contribution < 1.29 is 27.1 Å². The molecule has 1 aromatic heterocycles. The van der Waals surface area contributed by atoms with Crippen molar-refractivity contribution in [1.82, 2.24) is 20.0 Å². The molecule has 0 spiro atoms. The van der Waals surface area contributed by atoms with Gasteiger partial charge in [0.15, 0.2) is 0 Å². The lowest BCUT2D eigenvalue weighted by atomic mass is 10.1. The number of aromatic nitrogens is 2. The Morgan fingerprint density at radius 1 is 1.03 bits per heavy atom. The van der Waals surface area contributed by atoms with Gasteiger partial charge in [0.05, 0.1) is 13.7 Å². The number of ether oxygens (including phenoxy) is 1. The second kappa shape index (κ2) is 10.3. The van der Waals surface area contributed by atoms with Crippen molar-refractivity contribution >= 4 is 11.7 Å². The lowest BCUT2D eigenvalue weighted by Gasteiger charge is -2.37. The molecule has 2 heterocycles. The van der Waals surface area contributed by atoms with E-state index in [1.807, 2.05) is 17.0 Å². The fourth-order valence-electron chi connectivity index (χ4n) is 3.85. The third-order valence-electron chi connectivity index (χ3n) is 5.91. The molecule has 8 nitrogen and oxygen atoms in total. The van der Waals surface area contributed by atoms with E-state index < -0.39 is 12.1 Å². The number of methoxy groups -OCH3 is 1. The van der Waals surface area contributed by atoms with E-state index in [1.54, 1.807) is 48.4 Å². The van der Waals surface area contributed by atoms with Crippen LogP contribution in [0.25, 0.3) is 11.5 Å². The molecule has 11 heteroatoms. The molecule has 1 fully saturated rings. The van der Waals surface area contributed by atoms with Gasteiger partial charge < -0.3 is 19.0 Å². The first-order valence-electron chi connectivity index (χ1n) is 11.2. The van der Waals surface area contributed by atoms with E-state index in [0.29, 0.717) is 30.1 Å². The smallest absolute Gasteiger partial charge is 0.470 e. The standard InChI is InChI=1S/C24H26F3N5O3/c1-3-30-12-14-31(15-13-30)23(33)32(19-8-10-20(34-2)11-9-19)16-17-4-6-18(7-5-17)21-28-29-22(35-21)24(25,26)27/h4-11H,3,12-16H2,1-2H3. The third-order valence-corrected chi connectivity index (χ3v) is 5.91. The van der Waals surface area contributed by atoms with Crippen LogP contribution in [-0.2, 0) is 12.7 Å². The van der Waals surface area contributed by atoms with Gasteiger partial charge in [-0.15, -0.1) is 10.2 Å². The lowest BCUT2D eigenvalue weighted by Crippen LogP contribution is -2.52. The average Bonchev–Trinajstić information content (AvgIpc) is 3.39. The van der Waals surface area contributed by atoms with Crippen LogP contribution >= 0.6 is 0 Å². The van der Waals surface area contributed by atoms with Crippen molar-refractivity contribution in [2.45, 2.75) is 19.6 Å². The lowest BCUT2D eigenvalue weighted by molar-refractivity contribution is -0.156. The number of amides is 2. The largest absolute Gasteiger partial charge is 0.497 e. The van der Waals surface area contributed by atoms with Crippen molar-refractivity contribution in [1.29, 1.82) is 0 Å². The first-order chi connectivity index (χ1) is 16.8. The van der Waals surface area contributed by atoms with Gasteiger partial charge in [-0.1, -0.05) is 19.1 Å². The van der Waals surface area contributed by atoms with Crippen LogP contribution in [0, 0.1) is 0 Å². The van der Waals surface area contributed by atoms with Gasteiger partial charge in [0.2, 0.25) is 5.89 Å². The van der Waals surface area contributed by atoms with Gasteiger partial charge in [0.1, 0.15) is 5.75 Å². The van der Waals surface area contributed by atoms with Crippen LogP contribution in [-0.4, -0.2) is 65.9 Å². The molecule has 0 aliphatic carbocycles.